The van der Waals surface area contributed by atoms with Gasteiger partial charge < -0.3 is 14.6 Å². The van der Waals surface area contributed by atoms with Crippen molar-refractivity contribution < 1.29 is 14.1 Å². The number of benzene rings is 1. The van der Waals surface area contributed by atoms with Gasteiger partial charge >= 0.3 is 0 Å². The molecular weight excluding hydrogens is 388 g/mol. The van der Waals surface area contributed by atoms with Gasteiger partial charge in [0.25, 0.3) is 5.91 Å². The van der Waals surface area contributed by atoms with Gasteiger partial charge in [-0.2, -0.15) is 4.98 Å². The third kappa shape index (κ3) is 5.20. The highest BCUT2D eigenvalue weighted by Gasteiger charge is 2.15. The molecule has 0 bridgehead atoms. The van der Waals surface area contributed by atoms with Crippen molar-refractivity contribution >= 4 is 17.2 Å². The molecule has 29 heavy (non-hydrogen) atoms. The van der Waals surface area contributed by atoms with Crippen molar-refractivity contribution in [3.05, 3.63) is 57.1 Å². The minimum absolute atomic E-state index is 0.0798. The van der Waals surface area contributed by atoms with Crippen molar-refractivity contribution in [2.45, 2.75) is 52.1 Å². The van der Waals surface area contributed by atoms with Crippen molar-refractivity contribution in [2.24, 2.45) is 0 Å². The number of carbonyl (C=O) groups is 1. The molecule has 0 aliphatic heterocycles. The minimum atomic E-state index is -0.0798. The Morgan fingerprint density at radius 3 is 2.79 bits per heavy atom. The summed E-state index contributed by atoms with van der Waals surface area (Å²) >= 11 is 1.84. The van der Waals surface area contributed by atoms with Crippen LogP contribution in [0, 0.1) is 6.92 Å². The van der Waals surface area contributed by atoms with Crippen molar-refractivity contribution in [3.63, 3.8) is 0 Å². The Hall–Kier alpha value is -2.74. The molecule has 0 saturated heterocycles. The van der Waals surface area contributed by atoms with Crippen LogP contribution in [0.5, 0.6) is 5.75 Å². The summed E-state index contributed by atoms with van der Waals surface area (Å²) in [6.45, 7) is 2.59. The Bertz CT molecular complexity index is 941. The number of fused-ring (bicyclic) bond motifs is 1. The number of rotatable bonds is 8. The maximum Gasteiger partial charge on any atom is 0.251 e. The predicted molar refractivity (Wildman–Crippen MR) is 109 cm³/mol. The topological polar surface area (TPSA) is 90.1 Å². The van der Waals surface area contributed by atoms with Gasteiger partial charge in [0, 0.05) is 30.3 Å². The van der Waals surface area contributed by atoms with Crippen molar-refractivity contribution in [1.29, 1.82) is 0 Å². The smallest absolute Gasteiger partial charge is 0.251 e. The van der Waals surface area contributed by atoms with Crippen LogP contribution in [0.15, 0.2) is 28.8 Å². The zero-order valence-electron chi connectivity index (χ0n) is 16.4. The Labute approximate surface area is 173 Å². The average molecular weight is 413 g/mol. The van der Waals surface area contributed by atoms with Crippen LogP contribution < -0.4 is 10.1 Å². The average Bonchev–Trinajstić information content (AvgIpc) is 3.35. The molecule has 0 unspecified atom stereocenters. The largest absolute Gasteiger partial charge is 0.485 e. The molecule has 0 saturated carbocycles. The van der Waals surface area contributed by atoms with Crippen LogP contribution in [0.3, 0.4) is 0 Å². The molecular formula is C21H24N4O3S. The van der Waals surface area contributed by atoms with Crippen LogP contribution in [-0.2, 0) is 25.9 Å². The van der Waals surface area contributed by atoms with E-state index in [1.165, 1.54) is 34.8 Å². The van der Waals surface area contributed by atoms with Crippen LogP contribution in [0.25, 0.3) is 0 Å². The fraction of sp³-hybridized carbons (Fsp3) is 0.429. The summed E-state index contributed by atoms with van der Waals surface area (Å²) < 4.78 is 10.5. The molecule has 0 radical (unpaired) electrons. The standard InChI is InChI=1S/C21H24N4O3S/c1-14-23-19(25-28-14)13-27-16-10-8-15(9-11-16)21(26)22-12-4-7-20-24-17-5-2-3-6-18(17)29-20/h8-11H,2-7,12-13H2,1H3,(H,22,26). The van der Waals surface area contributed by atoms with Gasteiger partial charge in [0.05, 0.1) is 10.7 Å². The van der Waals surface area contributed by atoms with E-state index in [9.17, 15) is 4.79 Å². The van der Waals surface area contributed by atoms with Crippen molar-refractivity contribution in [3.8, 4) is 5.75 Å². The Kier molecular flexibility index (Phi) is 6.19. The molecule has 0 atom stereocenters. The second kappa shape index (κ2) is 9.17. The van der Waals surface area contributed by atoms with Crippen LogP contribution >= 0.6 is 11.3 Å². The molecule has 2 aromatic heterocycles. The first-order valence-electron chi connectivity index (χ1n) is 9.95. The Morgan fingerprint density at radius 2 is 2.03 bits per heavy atom. The maximum absolute atomic E-state index is 12.3. The first-order chi connectivity index (χ1) is 14.2. The van der Waals surface area contributed by atoms with Crippen LogP contribution in [0.2, 0.25) is 0 Å². The molecule has 8 heteroatoms. The quantitative estimate of drug-likeness (QED) is 0.568. The van der Waals surface area contributed by atoms with Crippen LogP contribution in [0.1, 0.15) is 56.9 Å². The lowest BCUT2D eigenvalue weighted by atomic mass is 10.0. The lowest BCUT2D eigenvalue weighted by Crippen LogP contribution is -2.24. The van der Waals surface area contributed by atoms with Gasteiger partial charge in [0.1, 0.15) is 5.75 Å². The fourth-order valence-corrected chi connectivity index (χ4v) is 4.50. The lowest BCUT2D eigenvalue weighted by Gasteiger charge is -2.07. The van der Waals surface area contributed by atoms with Gasteiger partial charge in [-0.15, -0.1) is 11.3 Å². The van der Waals surface area contributed by atoms with E-state index in [1.807, 2.05) is 11.3 Å². The van der Waals surface area contributed by atoms with Gasteiger partial charge in [0.15, 0.2) is 6.61 Å². The van der Waals surface area contributed by atoms with Gasteiger partial charge in [-0.1, -0.05) is 5.16 Å². The molecule has 0 spiro atoms. The van der Waals surface area contributed by atoms with Gasteiger partial charge in [-0.3, -0.25) is 4.79 Å². The number of thiazole rings is 1. The predicted octanol–water partition coefficient (Wildman–Crippen LogP) is 3.65. The lowest BCUT2D eigenvalue weighted by molar-refractivity contribution is 0.0953. The molecule has 152 valence electrons. The highest BCUT2D eigenvalue weighted by molar-refractivity contribution is 7.11. The van der Waals surface area contributed by atoms with Crippen LogP contribution in [-0.4, -0.2) is 27.6 Å². The molecule has 1 aliphatic carbocycles. The number of nitrogens with zero attached hydrogens (tertiary/aromatic N) is 3. The summed E-state index contributed by atoms with van der Waals surface area (Å²) in [5, 5.41) is 7.95. The Balaban J connectivity index is 1.19. The van der Waals surface area contributed by atoms with Crippen molar-refractivity contribution in [2.75, 3.05) is 6.54 Å². The number of hydrogen-bond donors (Lipinski definition) is 1. The first kappa shape index (κ1) is 19.6. The molecule has 1 N–H and O–H groups in total. The number of amides is 1. The van der Waals surface area contributed by atoms with E-state index in [0.717, 1.165) is 19.3 Å². The number of nitrogens with one attached hydrogen (secondary N) is 1. The highest BCUT2D eigenvalue weighted by Crippen LogP contribution is 2.27. The summed E-state index contributed by atoms with van der Waals surface area (Å²) in [6, 6.07) is 7.03. The van der Waals surface area contributed by atoms with Gasteiger partial charge in [0.2, 0.25) is 11.7 Å². The third-order valence-corrected chi connectivity index (χ3v) is 6.01. The summed E-state index contributed by atoms with van der Waals surface area (Å²) in [7, 11) is 0. The molecule has 0 fully saturated rings. The van der Waals surface area contributed by atoms with E-state index in [2.05, 4.69) is 15.5 Å². The number of hydrogen-bond acceptors (Lipinski definition) is 7. The fourth-order valence-electron chi connectivity index (χ4n) is 3.31. The molecule has 1 amide bonds. The van der Waals surface area contributed by atoms with Gasteiger partial charge in [-0.25, -0.2) is 4.98 Å². The molecule has 1 aliphatic rings. The molecule has 4 rings (SSSR count). The number of aromatic nitrogens is 3. The molecule has 1 aromatic carbocycles. The third-order valence-electron chi connectivity index (χ3n) is 4.80. The molecule has 2 heterocycles. The molecule has 7 nitrogen and oxygen atoms in total. The van der Waals surface area contributed by atoms with E-state index in [-0.39, 0.29) is 12.5 Å². The molecule has 3 aromatic rings. The van der Waals surface area contributed by atoms with Crippen molar-refractivity contribution in [1.82, 2.24) is 20.4 Å². The minimum Gasteiger partial charge on any atom is -0.485 e. The Morgan fingerprint density at radius 1 is 1.21 bits per heavy atom. The van der Waals surface area contributed by atoms with Crippen LogP contribution in [0.4, 0.5) is 0 Å². The normalized spacial score (nSPS) is 13.1. The summed E-state index contributed by atoms with van der Waals surface area (Å²) in [6.07, 6.45) is 6.65. The first-order valence-corrected chi connectivity index (χ1v) is 10.8. The zero-order chi connectivity index (χ0) is 20.1. The monoisotopic (exact) mass is 412 g/mol. The second-order valence-corrected chi connectivity index (χ2v) is 8.25. The van der Waals surface area contributed by atoms with E-state index in [4.69, 9.17) is 14.2 Å². The zero-order valence-corrected chi connectivity index (χ0v) is 17.3. The van der Waals surface area contributed by atoms with Gasteiger partial charge in [-0.05, 0) is 56.4 Å². The van der Waals surface area contributed by atoms with E-state index < -0.39 is 0 Å². The van der Waals surface area contributed by atoms with E-state index in [1.54, 1.807) is 31.2 Å². The summed E-state index contributed by atoms with van der Waals surface area (Å²) in [4.78, 5) is 22.6. The summed E-state index contributed by atoms with van der Waals surface area (Å²) in [5.41, 5.74) is 1.91. The maximum atomic E-state index is 12.3. The van der Waals surface area contributed by atoms with E-state index in [0.29, 0.717) is 29.6 Å². The number of ether oxygens (including phenoxy) is 1. The highest BCUT2D eigenvalue weighted by atomic mass is 32.1. The SMILES string of the molecule is Cc1nc(COc2ccc(C(=O)NCCCc3nc4c(s3)CCCC4)cc2)no1. The number of aryl methyl sites for hydroxylation is 4. The number of carbonyl (C=O) groups excluding carboxylic acids is 1. The summed E-state index contributed by atoms with van der Waals surface area (Å²) in [5.74, 6) is 1.57. The van der Waals surface area contributed by atoms with E-state index >= 15 is 0 Å². The second-order valence-electron chi connectivity index (χ2n) is 7.09.